The molecule has 3 aliphatic rings. The van der Waals surface area contributed by atoms with E-state index in [0.29, 0.717) is 49.2 Å². The van der Waals surface area contributed by atoms with Crippen LogP contribution < -0.4 is 16.0 Å². The van der Waals surface area contributed by atoms with Gasteiger partial charge in [-0.2, -0.15) is 13.2 Å². The zero-order valence-corrected chi connectivity index (χ0v) is 28.6. The number of nitrogens with one attached hydrogen (secondary N) is 3. The Labute approximate surface area is 288 Å². The summed E-state index contributed by atoms with van der Waals surface area (Å²) in [6.07, 6.45) is -1.50. The number of benzene rings is 2. The maximum absolute atomic E-state index is 13.9. The first-order valence-corrected chi connectivity index (χ1v) is 17.0. The van der Waals surface area contributed by atoms with E-state index in [-0.39, 0.29) is 77.0 Å². The second-order valence-electron chi connectivity index (χ2n) is 14.4. The van der Waals surface area contributed by atoms with Gasteiger partial charge < -0.3 is 20.9 Å². The van der Waals surface area contributed by atoms with Gasteiger partial charge in [-0.3, -0.25) is 24.1 Å². The largest absolute Gasteiger partial charge is 0.416 e. The highest BCUT2D eigenvalue weighted by atomic mass is 19.4. The lowest BCUT2D eigenvalue weighted by Crippen LogP contribution is -2.59. The SMILES string of the molecule is CC(=O)N[C@@H]1C[C@H](NC(C)(C)C)CC[C@@H]1N1CC[C@H](Nc2nc(CCCN3C(=O)c4ccccc4C3=O)nc3ccc(C(F)(F)F)cc23)C1=O. The third-order valence-electron chi connectivity index (χ3n) is 9.52. The van der Waals surface area contributed by atoms with Gasteiger partial charge in [0.25, 0.3) is 11.8 Å². The molecule has 1 saturated heterocycles. The molecule has 1 saturated carbocycles. The molecule has 3 aromatic rings. The fourth-order valence-electron chi connectivity index (χ4n) is 7.43. The van der Waals surface area contributed by atoms with Crippen molar-refractivity contribution in [3.8, 4) is 0 Å². The fourth-order valence-corrected chi connectivity index (χ4v) is 7.43. The van der Waals surface area contributed by atoms with Crippen molar-refractivity contribution in [2.24, 2.45) is 0 Å². The first kappa shape index (κ1) is 35.2. The van der Waals surface area contributed by atoms with Crippen LogP contribution in [0.4, 0.5) is 19.0 Å². The number of alkyl halides is 3. The van der Waals surface area contributed by atoms with Crippen LogP contribution >= 0.6 is 0 Å². The second kappa shape index (κ2) is 13.6. The van der Waals surface area contributed by atoms with Gasteiger partial charge in [0.2, 0.25) is 11.8 Å². The van der Waals surface area contributed by atoms with E-state index in [0.717, 1.165) is 18.6 Å². The summed E-state index contributed by atoms with van der Waals surface area (Å²) in [6, 6.07) is 8.75. The van der Waals surface area contributed by atoms with Crippen molar-refractivity contribution >= 4 is 40.3 Å². The Kier molecular flexibility index (Phi) is 9.59. The lowest BCUT2D eigenvalue weighted by atomic mass is 9.84. The van der Waals surface area contributed by atoms with Crippen LogP contribution in [0.1, 0.15) is 91.9 Å². The number of imide groups is 1. The Morgan fingerprint density at radius 1 is 0.960 bits per heavy atom. The van der Waals surface area contributed by atoms with Gasteiger partial charge in [0.15, 0.2) is 0 Å². The monoisotopic (exact) mass is 693 g/mol. The maximum atomic E-state index is 13.9. The minimum Gasteiger partial charge on any atom is -0.358 e. The summed E-state index contributed by atoms with van der Waals surface area (Å²) in [5.74, 6) is -0.741. The number of fused-ring (bicyclic) bond motifs is 2. The second-order valence-corrected chi connectivity index (χ2v) is 14.4. The number of nitrogens with zero attached hydrogens (tertiary/aromatic N) is 4. The van der Waals surface area contributed by atoms with E-state index in [4.69, 9.17) is 0 Å². The summed E-state index contributed by atoms with van der Waals surface area (Å²) in [7, 11) is 0. The van der Waals surface area contributed by atoms with Crippen LogP contribution in [0.15, 0.2) is 42.5 Å². The highest BCUT2D eigenvalue weighted by Crippen LogP contribution is 2.35. The van der Waals surface area contributed by atoms with Gasteiger partial charge in [-0.15, -0.1) is 0 Å². The molecule has 0 radical (unpaired) electrons. The number of carbonyl (C=O) groups excluding carboxylic acids is 4. The zero-order valence-electron chi connectivity index (χ0n) is 28.6. The molecule has 3 heterocycles. The van der Waals surface area contributed by atoms with E-state index in [1.165, 1.54) is 17.9 Å². The van der Waals surface area contributed by atoms with Crippen molar-refractivity contribution in [3.63, 3.8) is 0 Å². The molecule has 1 aliphatic carbocycles. The van der Waals surface area contributed by atoms with Gasteiger partial charge in [-0.1, -0.05) is 12.1 Å². The third kappa shape index (κ3) is 7.44. The third-order valence-corrected chi connectivity index (χ3v) is 9.52. The summed E-state index contributed by atoms with van der Waals surface area (Å²) in [5.41, 5.74) is -0.0203. The van der Waals surface area contributed by atoms with Crippen LogP contribution in [0.25, 0.3) is 10.9 Å². The number of rotatable bonds is 9. The minimum absolute atomic E-state index is 0.105. The standard InChI is InChI=1S/C36H42F3N7O4/c1-20(47)40-28-19-22(44-35(2,3)4)12-14-29(28)45-17-15-27(34(45)50)42-31-25-18-21(36(37,38)39)11-13-26(25)41-30(43-31)10-7-16-46-32(48)23-8-5-6-9-24(23)33(46)49/h5-6,8-9,11,13,18,22,27-29,44H,7,10,12,14-17,19H2,1-4H3,(H,40,47)(H,41,42,43)/t22-,27+,28-,29+/m1/s1. The average Bonchev–Trinajstić information content (AvgIpc) is 3.51. The summed E-state index contributed by atoms with van der Waals surface area (Å²) < 4.78 is 41.3. The Bertz CT molecular complexity index is 1790. The molecule has 50 heavy (non-hydrogen) atoms. The molecule has 0 unspecified atom stereocenters. The minimum atomic E-state index is -4.60. The van der Waals surface area contributed by atoms with E-state index in [2.05, 4.69) is 46.7 Å². The van der Waals surface area contributed by atoms with E-state index in [1.54, 1.807) is 29.2 Å². The summed E-state index contributed by atoms with van der Waals surface area (Å²) in [5, 5.41) is 9.92. The van der Waals surface area contributed by atoms with Crippen LogP contribution in [0, 0.1) is 0 Å². The summed E-state index contributed by atoms with van der Waals surface area (Å²) in [6.45, 7) is 8.24. The average molecular weight is 694 g/mol. The lowest BCUT2D eigenvalue weighted by molar-refractivity contribution is -0.137. The van der Waals surface area contributed by atoms with Crippen LogP contribution in [-0.2, 0) is 22.2 Å². The molecule has 0 bridgehead atoms. The number of likely N-dealkylation sites (tertiary alicyclic amines) is 1. The van der Waals surface area contributed by atoms with Crippen molar-refractivity contribution in [2.75, 3.05) is 18.4 Å². The zero-order chi connectivity index (χ0) is 36.0. The Morgan fingerprint density at radius 2 is 1.66 bits per heavy atom. The molecule has 1 aromatic heterocycles. The molecule has 0 spiro atoms. The van der Waals surface area contributed by atoms with Gasteiger partial charge in [-0.25, -0.2) is 9.97 Å². The highest BCUT2D eigenvalue weighted by Gasteiger charge is 2.43. The predicted octanol–water partition coefficient (Wildman–Crippen LogP) is 4.70. The molecular formula is C36H42F3N7O4. The lowest BCUT2D eigenvalue weighted by Gasteiger charge is -2.43. The Hall–Kier alpha value is -4.59. The number of aromatic nitrogens is 2. The molecule has 2 aliphatic heterocycles. The number of anilines is 1. The molecule has 6 rings (SSSR count). The van der Waals surface area contributed by atoms with Crippen molar-refractivity contribution < 1.29 is 32.3 Å². The number of aryl methyl sites for hydroxylation is 1. The normalized spacial score (nSPS) is 22.7. The molecular weight excluding hydrogens is 651 g/mol. The Balaban J connectivity index is 1.20. The summed E-state index contributed by atoms with van der Waals surface area (Å²) in [4.78, 5) is 63.7. The van der Waals surface area contributed by atoms with Crippen molar-refractivity contribution in [1.29, 1.82) is 0 Å². The number of hydrogen-bond acceptors (Lipinski definition) is 8. The van der Waals surface area contributed by atoms with E-state index >= 15 is 0 Å². The quantitative estimate of drug-likeness (QED) is 0.275. The number of carbonyl (C=O) groups is 4. The van der Waals surface area contributed by atoms with Crippen molar-refractivity contribution in [3.05, 3.63) is 65.0 Å². The van der Waals surface area contributed by atoms with Gasteiger partial charge in [0.05, 0.1) is 34.3 Å². The Morgan fingerprint density at radius 3 is 2.30 bits per heavy atom. The topological polar surface area (TPSA) is 137 Å². The predicted molar refractivity (Wildman–Crippen MR) is 180 cm³/mol. The highest BCUT2D eigenvalue weighted by molar-refractivity contribution is 6.21. The number of hydrogen-bond donors (Lipinski definition) is 3. The fraction of sp³-hybridized carbons (Fsp3) is 0.500. The number of amides is 4. The molecule has 2 aromatic carbocycles. The molecule has 11 nitrogen and oxygen atoms in total. The van der Waals surface area contributed by atoms with Gasteiger partial charge >= 0.3 is 6.18 Å². The van der Waals surface area contributed by atoms with E-state index in [9.17, 15) is 32.3 Å². The van der Waals surface area contributed by atoms with Crippen LogP contribution in [0.2, 0.25) is 0 Å². The van der Waals surface area contributed by atoms with Crippen molar-refractivity contribution in [2.45, 2.75) is 102 Å². The van der Waals surface area contributed by atoms with Crippen LogP contribution in [-0.4, -0.2) is 86.2 Å². The summed E-state index contributed by atoms with van der Waals surface area (Å²) >= 11 is 0. The van der Waals surface area contributed by atoms with Crippen LogP contribution in [0.5, 0.6) is 0 Å². The molecule has 266 valence electrons. The molecule has 2 fully saturated rings. The first-order chi connectivity index (χ1) is 23.6. The molecule has 14 heteroatoms. The molecule has 4 amide bonds. The van der Waals surface area contributed by atoms with Gasteiger partial charge in [0.1, 0.15) is 17.7 Å². The first-order valence-electron chi connectivity index (χ1n) is 17.0. The van der Waals surface area contributed by atoms with Crippen LogP contribution in [0.3, 0.4) is 0 Å². The maximum Gasteiger partial charge on any atom is 0.416 e. The molecule has 3 N–H and O–H groups in total. The van der Waals surface area contributed by atoms with Gasteiger partial charge in [-0.05, 0) is 83.2 Å². The van der Waals surface area contributed by atoms with Crippen molar-refractivity contribution in [1.82, 2.24) is 30.4 Å². The van der Waals surface area contributed by atoms with E-state index < -0.39 is 17.8 Å². The number of halogens is 3. The van der Waals surface area contributed by atoms with Gasteiger partial charge in [0, 0.05) is 43.4 Å². The molecule has 4 atom stereocenters. The smallest absolute Gasteiger partial charge is 0.358 e. The van der Waals surface area contributed by atoms with E-state index in [1.807, 2.05) is 0 Å².